The van der Waals surface area contributed by atoms with Gasteiger partial charge in [0, 0.05) is 13.1 Å². The van der Waals surface area contributed by atoms with Crippen LogP contribution in [0.25, 0.3) is 0 Å². The first kappa shape index (κ1) is 11.5. The number of halogens is 3. The van der Waals surface area contributed by atoms with Crippen molar-refractivity contribution in [3.63, 3.8) is 0 Å². The van der Waals surface area contributed by atoms with E-state index < -0.39 is 12.2 Å². The molecule has 1 saturated heterocycles. The van der Waals surface area contributed by atoms with Crippen molar-refractivity contribution in [1.29, 1.82) is 0 Å². The van der Waals surface area contributed by atoms with E-state index in [-0.39, 0.29) is 6.54 Å². The van der Waals surface area contributed by atoms with Crippen molar-refractivity contribution < 1.29 is 13.2 Å². The highest BCUT2D eigenvalue weighted by molar-refractivity contribution is 5.29. The Morgan fingerprint density at radius 3 is 2.19 bits per heavy atom. The van der Waals surface area contributed by atoms with Gasteiger partial charge >= 0.3 is 6.18 Å². The van der Waals surface area contributed by atoms with E-state index in [0.29, 0.717) is 6.54 Å². The highest BCUT2D eigenvalue weighted by Crippen LogP contribution is 2.35. The van der Waals surface area contributed by atoms with Gasteiger partial charge in [-0.05, 0) is 19.4 Å². The molecule has 1 aliphatic heterocycles. The minimum atomic E-state index is -4.07. The molecule has 2 rings (SSSR count). The second-order valence-corrected chi connectivity index (χ2v) is 4.48. The monoisotopic (exact) mass is 229 g/mol. The molecule has 88 valence electrons. The van der Waals surface area contributed by atoms with Gasteiger partial charge in [-0.3, -0.25) is 4.90 Å². The Kier molecular flexibility index (Phi) is 2.70. The number of nitrogens with zero attached hydrogens (tertiary/aromatic N) is 1. The van der Waals surface area contributed by atoms with Gasteiger partial charge in [-0.1, -0.05) is 29.3 Å². The number of rotatable bonds is 2. The smallest absolute Gasteiger partial charge is 0.285 e. The molecule has 1 fully saturated rings. The van der Waals surface area contributed by atoms with E-state index in [4.69, 9.17) is 0 Å². The van der Waals surface area contributed by atoms with Crippen molar-refractivity contribution in [2.45, 2.75) is 32.6 Å². The molecule has 16 heavy (non-hydrogen) atoms. The summed E-state index contributed by atoms with van der Waals surface area (Å²) < 4.78 is 36.9. The molecule has 0 bridgehead atoms. The zero-order valence-electron chi connectivity index (χ0n) is 9.30. The minimum Gasteiger partial charge on any atom is -0.285 e. The van der Waals surface area contributed by atoms with Gasteiger partial charge in [-0.25, -0.2) is 0 Å². The molecule has 0 N–H and O–H groups in total. The van der Waals surface area contributed by atoms with Gasteiger partial charge in [0.05, 0.1) is 0 Å². The predicted octanol–water partition coefficient (Wildman–Crippen LogP) is 3.05. The molecule has 0 aliphatic carbocycles. The maximum atomic E-state index is 12.3. The fourth-order valence-electron chi connectivity index (χ4n) is 2.06. The fraction of sp³-hybridized carbons (Fsp3) is 0.500. The minimum absolute atomic E-state index is 0.135. The summed E-state index contributed by atoms with van der Waals surface area (Å²) in [5.74, 6) is 0. The molecule has 4 heteroatoms. The SMILES string of the molecule is Cc1cc(C)cc(CN2CC2C(F)(F)F)c1. The van der Waals surface area contributed by atoms with Crippen LogP contribution in [-0.4, -0.2) is 23.7 Å². The third-order valence-corrected chi connectivity index (χ3v) is 2.76. The largest absolute Gasteiger partial charge is 0.405 e. The fourth-order valence-corrected chi connectivity index (χ4v) is 2.06. The molecule has 1 aromatic rings. The van der Waals surface area contributed by atoms with Crippen LogP contribution in [0.2, 0.25) is 0 Å². The summed E-state index contributed by atoms with van der Waals surface area (Å²) in [4.78, 5) is 1.44. The molecule has 0 saturated carbocycles. The summed E-state index contributed by atoms with van der Waals surface area (Å²) >= 11 is 0. The van der Waals surface area contributed by atoms with Gasteiger partial charge < -0.3 is 0 Å². The molecular formula is C12H14F3N. The van der Waals surface area contributed by atoms with Crippen molar-refractivity contribution in [2.75, 3.05) is 6.54 Å². The lowest BCUT2D eigenvalue weighted by Gasteiger charge is -2.08. The van der Waals surface area contributed by atoms with Gasteiger partial charge in [-0.15, -0.1) is 0 Å². The third kappa shape index (κ3) is 2.55. The topological polar surface area (TPSA) is 3.01 Å². The zero-order chi connectivity index (χ0) is 11.9. The van der Waals surface area contributed by atoms with Gasteiger partial charge in [0.15, 0.2) is 0 Å². The first-order chi connectivity index (χ1) is 7.36. The molecule has 2 atom stereocenters. The van der Waals surface area contributed by atoms with Gasteiger partial charge in [0.2, 0.25) is 0 Å². The Hall–Kier alpha value is -1.03. The van der Waals surface area contributed by atoms with Crippen molar-refractivity contribution in [3.05, 3.63) is 34.9 Å². The van der Waals surface area contributed by atoms with Crippen LogP contribution in [0.4, 0.5) is 13.2 Å². The van der Waals surface area contributed by atoms with Crippen LogP contribution in [0.3, 0.4) is 0 Å². The molecule has 0 spiro atoms. The lowest BCUT2D eigenvalue weighted by molar-refractivity contribution is -0.136. The van der Waals surface area contributed by atoms with E-state index in [1.807, 2.05) is 32.0 Å². The second kappa shape index (κ2) is 3.77. The number of hydrogen-bond donors (Lipinski definition) is 0. The van der Waals surface area contributed by atoms with Crippen LogP contribution in [0.15, 0.2) is 18.2 Å². The quantitative estimate of drug-likeness (QED) is 0.704. The molecular weight excluding hydrogens is 215 g/mol. The number of hydrogen-bond acceptors (Lipinski definition) is 1. The number of aryl methyl sites for hydroxylation is 2. The summed E-state index contributed by atoms with van der Waals surface area (Å²) in [5.41, 5.74) is 3.16. The first-order valence-electron chi connectivity index (χ1n) is 5.24. The molecule has 0 aromatic heterocycles. The summed E-state index contributed by atoms with van der Waals surface area (Å²) in [6.07, 6.45) is -4.07. The number of alkyl halides is 3. The Labute approximate surface area is 92.9 Å². The van der Waals surface area contributed by atoms with Crippen LogP contribution >= 0.6 is 0 Å². The van der Waals surface area contributed by atoms with Crippen LogP contribution < -0.4 is 0 Å². The first-order valence-corrected chi connectivity index (χ1v) is 5.24. The standard InChI is InChI=1S/C12H14F3N/c1-8-3-9(2)5-10(4-8)6-16-7-11(16)12(13,14)15/h3-5,11H,6-7H2,1-2H3. The highest BCUT2D eigenvalue weighted by atomic mass is 19.4. The van der Waals surface area contributed by atoms with E-state index in [1.54, 1.807) is 0 Å². The molecule has 0 radical (unpaired) electrons. The van der Waals surface area contributed by atoms with Crippen molar-refractivity contribution in [2.24, 2.45) is 0 Å². The Morgan fingerprint density at radius 2 is 1.75 bits per heavy atom. The summed E-state index contributed by atoms with van der Waals surface area (Å²) in [7, 11) is 0. The van der Waals surface area contributed by atoms with E-state index in [2.05, 4.69) is 0 Å². The molecule has 1 aromatic carbocycles. The van der Waals surface area contributed by atoms with Crippen molar-refractivity contribution in [1.82, 2.24) is 4.90 Å². The molecule has 1 nitrogen and oxygen atoms in total. The van der Waals surface area contributed by atoms with Gasteiger partial charge in [0.25, 0.3) is 0 Å². The van der Waals surface area contributed by atoms with Crippen molar-refractivity contribution in [3.8, 4) is 0 Å². The van der Waals surface area contributed by atoms with Crippen LogP contribution in [0.1, 0.15) is 16.7 Å². The average Bonchev–Trinajstić information content (AvgIpc) is 2.80. The van der Waals surface area contributed by atoms with E-state index >= 15 is 0 Å². The Balaban J connectivity index is 2.02. The maximum absolute atomic E-state index is 12.3. The van der Waals surface area contributed by atoms with E-state index in [0.717, 1.165) is 16.7 Å². The molecule has 1 aliphatic rings. The van der Waals surface area contributed by atoms with Gasteiger partial charge in [0.1, 0.15) is 6.04 Å². The lowest BCUT2D eigenvalue weighted by atomic mass is 10.1. The number of benzene rings is 1. The third-order valence-electron chi connectivity index (χ3n) is 2.76. The van der Waals surface area contributed by atoms with E-state index in [1.165, 1.54) is 4.90 Å². The summed E-state index contributed by atoms with van der Waals surface area (Å²) in [5, 5.41) is 0. The zero-order valence-corrected chi connectivity index (χ0v) is 9.30. The average molecular weight is 229 g/mol. The van der Waals surface area contributed by atoms with Crippen LogP contribution in [-0.2, 0) is 6.54 Å². The molecule has 2 unspecified atom stereocenters. The lowest BCUT2D eigenvalue weighted by Crippen LogP contribution is -2.21. The van der Waals surface area contributed by atoms with Crippen LogP contribution in [0.5, 0.6) is 0 Å². The van der Waals surface area contributed by atoms with Crippen LogP contribution in [0, 0.1) is 13.8 Å². The summed E-state index contributed by atoms with van der Waals surface area (Å²) in [6, 6.07) is 4.68. The Bertz CT molecular complexity index is 377. The molecule has 0 amide bonds. The maximum Gasteiger partial charge on any atom is 0.405 e. The van der Waals surface area contributed by atoms with Crippen molar-refractivity contribution >= 4 is 0 Å². The second-order valence-electron chi connectivity index (χ2n) is 4.48. The summed E-state index contributed by atoms with van der Waals surface area (Å²) in [6.45, 7) is 4.45. The predicted molar refractivity (Wildman–Crippen MR) is 56.2 cm³/mol. The molecule has 1 heterocycles. The van der Waals surface area contributed by atoms with E-state index in [9.17, 15) is 13.2 Å². The highest BCUT2D eigenvalue weighted by Gasteiger charge is 2.53. The normalized spacial score (nSPS) is 24.6. The van der Waals surface area contributed by atoms with Gasteiger partial charge in [-0.2, -0.15) is 13.2 Å². The Morgan fingerprint density at radius 1 is 1.19 bits per heavy atom.